The van der Waals surface area contributed by atoms with Crippen molar-refractivity contribution >= 4 is 51.3 Å². The number of guanidine groups is 1. The van der Waals surface area contributed by atoms with E-state index in [0.717, 1.165) is 36.6 Å². The molecule has 1 aliphatic heterocycles. The van der Waals surface area contributed by atoms with Crippen LogP contribution in [0.3, 0.4) is 0 Å². The maximum atomic E-state index is 12.8. The van der Waals surface area contributed by atoms with Gasteiger partial charge in [-0.2, -0.15) is 4.31 Å². The molecular formula is C19H33IN4O2S2. The summed E-state index contributed by atoms with van der Waals surface area (Å²) in [6.07, 6.45) is 9.32. The minimum atomic E-state index is -3.34. The van der Waals surface area contributed by atoms with E-state index in [0.29, 0.717) is 29.9 Å². The predicted molar refractivity (Wildman–Crippen MR) is 127 cm³/mol. The number of piperidine rings is 1. The van der Waals surface area contributed by atoms with E-state index in [4.69, 9.17) is 0 Å². The van der Waals surface area contributed by atoms with Gasteiger partial charge in [-0.15, -0.1) is 35.3 Å². The van der Waals surface area contributed by atoms with E-state index in [1.54, 1.807) is 10.4 Å². The molecule has 0 atom stereocenters. The second-order valence-electron chi connectivity index (χ2n) is 7.36. The zero-order valence-corrected chi connectivity index (χ0v) is 20.6. The van der Waals surface area contributed by atoms with Gasteiger partial charge in [-0.3, -0.25) is 0 Å². The van der Waals surface area contributed by atoms with Crippen LogP contribution in [0.1, 0.15) is 63.2 Å². The van der Waals surface area contributed by atoms with Crippen LogP contribution in [0.15, 0.2) is 21.3 Å². The molecule has 1 aliphatic carbocycles. The van der Waals surface area contributed by atoms with Gasteiger partial charge < -0.3 is 10.6 Å². The molecule has 160 valence electrons. The Labute approximate surface area is 190 Å². The summed E-state index contributed by atoms with van der Waals surface area (Å²) >= 11 is 1.35. The molecule has 2 aliphatic rings. The molecule has 0 bridgehead atoms. The van der Waals surface area contributed by atoms with E-state index >= 15 is 0 Å². The summed E-state index contributed by atoms with van der Waals surface area (Å²) < 4.78 is 27.6. The lowest BCUT2D eigenvalue weighted by atomic mass is 9.96. The molecule has 0 spiro atoms. The Morgan fingerprint density at radius 1 is 1.14 bits per heavy atom. The first-order chi connectivity index (χ1) is 13.1. The summed E-state index contributed by atoms with van der Waals surface area (Å²) in [5.41, 5.74) is 0. The largest absolute Gasteiger partial charge is 0.357 e. The van der Waals surface area contributed by atoms with Crippen LogP contribution in [0.25, 0.3) is 0 Å². The van der Waals surface area contributed by atoms with Crippen LogP contribution in [-0.2, 0) is 16.6 Å². The Bertz CT molecular complexity index is 724. The van der Waals surface area contributed by atoms with E-state index in [9.17, 15) is 8.42 Å². The Balaban J connectivity index is 0.00000280. The molecule has 1 aromatic heterocycles. The van der Waals surface area contributed by atoms with E-state index < -0.39 is 10.0 Å². The minimum Gasteiger partial charge on any atom is -0.357 e. The second-order valence-corrected chi connectivity index (χ2v) is 10.7. The number of sulfonamides is 1. The highest BCUT2D eigenvalue weighted by molar-refractivity contribution is 14.0. The maximum Gasteiger partial charge on any atom is 0.252 e. The van der Waals surface area contributed by atoms with Gasteiger partial charge >= 0.3 is 0 Å². The molecule has 0 unspecified atom stereocenters. The van der Waals surface area contributed by atoms with Crippen LogP contribution in [0.4, 0.5) is 0 Å². The van der Waals surface area contributed by atoms with E-state index in [1.165, 1.54) is 43.4 Å². The summed E-state index contributed by atoms with van der Waals surface area (Å²) in [7, 11) is -3.34. The van der Waals surface area contributed by atoms with Crippen molar-refractivity contribution in [1.82, 2.24) is 14.9 Å². The monoisotopic (exact) mass is 540 g/mol. The number of halogens is 1. The summed E-state index contributed by atoms with van der Waals surface area (Å²) in [5.74, 6) is 0.832. The highest BCUT2D eigenvalue weighted by Gasteiger charge is 2.27. The molecule has 2 N–H and O–H groups in total. The normalized spacial score (nSPS) is 19.8. The van der Waals surface area contributed by atoms with Crippen LogP contribution >= 0.6 is 35.3 Å². The quantitative estimate of drug-likeness (QED) is 0.326. The fraction of sp³-hybridized carbons (Fsp3) is 0.737. The average Bonchev–Trinajstić information content (AvgIpc) is 3.18. The number of nitrogens with one attached hydrogen (secondary N) is 2. The predicted octanol–water partition coefficient (Wildman–Crippen LogP) is 3.93. The molecule has 3 rings (SSSR count). The lowest BCUT2D eigenvalue weighted by Gasteiger charge is -2.25. The van der Waals surface area contributed by atoms with E-state index in [2.05, 4.69) is 22.5 Å². The number of hydrogen-bond donors (Lipinski definition) is 2. The molecule has 2 fully saturated rings. The molecule has 9 heteroatoms. The third-order valence-corrected chi connectivity index (χ3v) is 8.67. The first-order valence-corrected chi connectivity index (χ1v) is 12.5. The first-order valence-electron chi connectivity index (χ1n) is 10.2. The molecule has 0 aromatic carbocycles. The van der Waals surface area contributed by atoms with Crippen molar-refractivity contribution in [2.45, 2.75) is 75.1 Å². The molecule has 6 nitrogen and oxygen atoms in total. The van der Waals surface area contributed by atoms with Crippen molar-refractivity contribution in [3.05, 3.63) is 17.0 Å². The summed E-state index contributed by atoms with van der Waals surface area (Å²) in [5, 5.41) is 6.84. The number of aliphatic imine (C=N–C) groups is 1. The second kappa shape index (κ2) is 11.7. The standard InChI is InChI=1S/C19H32N4O2S2.HI/c1-2-20-19(22-16-9-5-3-6-10-16)21-15-17-11-12-18(26-17)27(24,25)23-13-7-4-8-14-23;/h11-12,16H,2-10,13-15H2,1H3,(H2,20,21,22);1H. The molecule has 0 amide bonds. The molecule has 0 radical (unpaired) electrons. The number of rotatable bonds is 6. The van der Waals surface area contributed by atoms with Gasteiger partial charge in [0, 0.05) is 30.6 Å². The molecule has 1 saturated carbocycles. The van der Waals surface area contributed by atoms with Crippen LogP contribution < -0.4 is 10.6 Å². The number of nitrogens with zero attached hydrogens (tertiary/aromatic N) is 2. The zero-order valence-electron chi connectivity index (χ0n) is 16.7. The van der Waals surface area contributed by atoms with Crippen molar-refractivity contribution in [3.8, 4) is 0 Å². The smallest absolute Gasteiger partial charge is 0.252 e. The number of hydrogen-bond acceptors (Lipinski definition) is 4. The molecular weight excluding hydrogens is 507 g/mol. The summed E-state index contributed by atoms with van der Waals surface area (Å²) in [6, 6.07) is 4.13. The minimum absolute atomic E-state index is 0. The van der Waals surface area contributed by atoms with Crippen molar-refractivity contribution in [3.63, 3.8) is 0 Å². The molecule has 2 heterocycles. The van der Waals surface area contributed by atoms with Crippen molar-refractivity contribution < 1.29 is 8.42 Å². The van der Waals surface area contributed by atoms with E-state index in [1.807, 2.05) is 6.07 Å². The lowest BCUT2D eigenvalue weighted by molar-refractivity contribution is 0.347. The van der Waals surface area contributed by atoms with Crippen molar-refractivity contribution in [2.24, 2.45) is 4.99 Å². The molecule has 1 saturated heterocycles. The van der Waals surface area contributed by atoms with E-state index in [-0.39, 0.29) is 24.0 Å². The highest BCUT2D eigenvalue weighted by Crippen LogP contribution is 2.27. The third-order valence-electron chi connectivity index (χ3n) is 5.23. The van der Waals surface area contributed by atoms with Crippen LogP contribution in [0.2, 0.25) is 0 Å². The Morgan fingerprint density at radius 3 is 2.50 bits per heavy atom. The van der Waals surface area contributed by atoms with Crippen molar-refractivity contribution in [2.75, 3.05) is 19.6 Å². The fourth-order valence-corrected chi connectivity index (χ4v) is 6.68. The van der Waals surface area contributed by atoms with Crippen LogP contribution in [0, 0.1) is 0 Å². The van der Waals surface area contributed by atoms with Crippen molar-refractivity contribution in [1.29, 1.82) is 0 Å². The van der Waals surface area contributed by atoms with Crippen LogP contribution in [0.5, 0.6) is 0 Å². The maximum absolute atomic E-state index is 12.8. The Morgan fingerprint density at radius 2 is 1.82 bits per heavy atom. The topological polar surface area (TPSA) is 73.8 Å². The van der Waals surface area contributed by atoms with Gasteiger partial charge in [0.05, 0.1) is 6.54 Å². The van der Waals surface area contributed by atoms with Gasteiger partial charge in [-0.05, 0) is 44.7 Å². The van der Waals surface area contributed by atoms with Gasteiger partial charge in [0.1, 0.15) is 4.21 Å². The molecule has 28 heavy (non-hydrogen) atoms. The average molecular weight is 541 g/mol. The van der Waals surface area contributed by atoms with Gasteiger partial charge in [-0.1, -0.05) is 25.7 Å². The van der Waals surface area contributed by atoms with Gasteiger partial charge in [0.15, 0.2) is 5.96 Å². The summed E-state index contributed by atoms with van der Waals surface area (Å²) in [6.45, 7) is 4.67. The zero-order chi connectivity index (χ0) is 19.1. The SMILES string of the molecule is CCNC(=NCc1ccc(S(=O)(=O)N2CCCCC2)s1)NC1CCCCC1.I. The van der Waals surface area contributed by atoms with Gasteiger partial charge in [0.2, 0.25) is 0 Å². The third kappa shape index (κ3) is 6.56. The summed E-state index contributed by atoms with van der Waals surface area (Å²) in [4.78, 5) is 5.66. The van der Waals surface area contributed by atoms with Gasteiger partial charge in [0.25, 0.3) is 10.0 Å². The fourth-order valence-electron chi connectivity index (χ4n) is 3.73. The first kappa shape index (κ1) is 23.9. The lowest BCUT2D eigenvalue weighted by Crippen LogP contribution is -2.44. The highest BCUT2D eigenvalue weighted by atomic mass is 127. The Hall–Kier alpha value is -0.390. The Kier molecular flexibility index (Phi) is 9.99. The molecule has 1 aromatic rings. The van der Waals surface area contributed by atoms with Crippen LogP contribution in [-0.4, -0.2) is 44.4 Å². The number of thiophene rings is 1. The van der Waals surface area contributed by atoms with Gasteiger partial charge in [-0.25, -0.2) is 13.4 Å².